The van der Waals surface area contributed by atoms with Crippen molar-refractivity contribution >= 4 is 29.9 Å². The van der Waals surface area contributed by atoms with Crippen LogP contribution < -0.4 is 10.6 Å². The van der Waals surface area contributed by atoms with Crippen LogP contribution in [0.2, 0.25) is 5.02 Å². The highest BCUT2D eigenvalue weighted by Gasteiger charge is 2.36. The summed E-state index contributed by atoms with van der Waals surface area (Å²) in [7, 11) is 0. The van der Waals surface area contributed by atoms with E-state index in [1.807, 2.05) is 12.1 Å². The van der Waals surface area contributed by atoms with E-state index in [2.05, 4.69) is 22.8 Å². The molecule has 3 nitrogen and oxygen atoms in total. The first kappa shape index (κ1) is 18.6. The second-order valence-electron chi connectivity index (χ2n) is 6.77. The lowest BCUT2D eigenvalue weighted by Gasteiger charge is -2.30. The minimum Gasteiger partial charge on any atom is -0.355 e. The number of benzene rings is 1. The molecule has 128 valence electrons. The van der Waals surface area contributed by atoms with Crippen molar-refractivity contribution in [2.24, 2.45) is 0 Å². The van der Waals surface area contributed by atoms with Gasteiger partial charge in [-0.05, 0) is 49.9 Å². The van der Waals surface area contributed by atoms with Crippen molar-refractivity contribution < 1.29 is 4.79 Å². The first-order valence-electron chi connectivity index (χ1n) is 8.44. The van der Waals surface area contributed by atoms with Gasteiger partial charge in [0.1, 0.15) is 0 Å². The SMILES string of the molecule is Cl.O=C(CC1CCCN1)NCC1(c2cccc(Cl)c2)CCCC1. The molecule has 1 aromatic carbocycles. The molecule has 5 heteroatoms. The van der Waals surface area contributed by atoms with E-state index in [-0.39, 0.29) is 23.7 Å². The minimum absolute atomic E-state index is 0. The number of rotatable bonds is 5. The van der Waals surface area contributed by atoms with Gasteiger partial charge in [-0.1, -0.05) is 36.6 Å². The fourth-order valence-corrected chi connectivity index (χ4v) is 4.12. The summed E-state index contributed by atoms with van der Waals surface area (Å²) in [5, 5.41) is 7.36. The van der Waals surface area contributed by atoms with Crippen LogP contribution in [0.3, 0.4) is 0 Å². The van der Waals surface area contributed by atoms with Gasteiger partial charge in [0.05, 0.1) is 0 Å². The standard InChI is InChI=1S/C18H25ClN2O.ClH/c19-15-6-3-5-14(11-15)18(8-1-2-9-18)13-21-17(22)12-16-7-4-10-20-16;/h3,5-6,11,16,20H,1-2,4,7-10,12-13H2,(H,21,22);1H. The lowest BCUT2D eigenvalue weighted by molar-refractivity contribution is -0.121. The van der Waals surface area contributed by atoms with E-state index < -0.39 is 0 Å². The lowest BCUT2D eigenvalue weighted by Crippen LogP contribution is -2.40. The van der Waals surface area contributed by atoms with Crippen LogP contribution in [-0.2, 0) is 10.2 Å². The molecule has 0 spiro atoms. The second-order valence-corrected chi connectivity index (χ2v) is 7.21. The zero-order valence-electron chi connectivity index (χ0n) is 13.4. The number of carbonyl (C=O) groups is 1. The Morgan fingerprint density at radius 2 is 2.09 bits per heavy atom. The van der Waals surface area contributed by atoms with E-state index in [0.717, 1.165) is 37.4 Å². The molecule has 1 saturated carbocycles. The normalized spacial score (nSPS) is 22.6. The van der Waals surface area contributed by atoms with Crippen LogP contribution in [-0.4, -0.2) is 25.0 Å². The van der Waals surface area contributed by atoms with Crippen LogP contribution in [0, 0.1) is 0 Å². The van der Waals surface area contributed by atoms with Gasteiger partial charge in [0, 0.05) is 29.4 Å². The van der Waals surface area contributed by atoms with Crippen molar-refractivity contribution in [3.63, 3.8) is 0 Å². The van der Waals surface area contributed by atoms with E-state index in [4.69, 9.17) is 11.6 Å². The summed E-state index contributed by atoms with van der Waals surface area (Å²) in [6.45, 7) is 1.78. The number of carbonyl (C=O) groups excluding carboxylic acids is 1. The molecule has 1 unspecified atom stereocenters. The van der Waals surface area contributed by atoms with Gasteiger partial charge in [0.25, 0.3) is 0 Å². The number of nitrogens with one attached hydrogen (secondary N) is 2. The molecule has 1 aliphatic carbocycles. The lowest BCUT2D eigenvalue weighted by atomic mass is 9.79. The van der Waals surface area contributed by atoms with Crippen LogP contribution in [0.4, 0.5) is 0 Å². The molecule has 1 heterocycles. The summed E-state index contributed by atoms with van der Waals surface area (Å²) in [6.07, 6.45) is 7.63. The molecule has 1 saturated heterocycles. The van der Waals surface area contributed by atoms with Crippen molar-refractivity contribution in [1.82, 2.24) is 10.6 Å². The fraction of sp³-hybridized carbons (Fsp3) is 0.611. The third-order valence-electron chi connectivity index (χ3n) is 5.22. The van der Waals surface area contributed by atoms with E-state index in [9.17, 15) is 4.79 Å². The van der Waals surface area contributed by atoms with Gasteiger partial charge in [-0.3, -0.25) is 4.79 Å². The first-order valence-corrected chi connectivity index (χ1v) is 8.82. The van der Waals surface area contributed by atoms with Gasteiger partial charge < -0.3 is 10.6 Å². The quantitative estimate of drug-likeness (QED) is 0.841. The number of hydrogen-bond donors (Lipinski definition) is 2. The predicted octanol–water partition coefficient (Wildman–Crippen LogP) is 3.83. The summed E-state index contributed by atoms with van der Waals surface area (Å²) < 4.78 is 0. The van der Waals surface area contributed by atoms with Crippen LogP contribution in [0.5, 0.6) is 0 Å². The molecular weight excluding hydrogens is 331 g/mol. The van der Waals surface area contributed by atoms with Crippen LogP contribution in [0.25, 0.3) is 0 Å². The third kappa shape index (κ3) is 4.62. The summed E-state index contributed by atoms with van der Waals surface area (Å²) in [5.74, 6) is 0.174. The Balaban J connectivity index is 0.00000192. The number of amides is 1. The van der Waals surface area contributed by atoms with Gasteiger partial charge in [-0.15, -0.1) is 12.4 Å². The molecule has 23 heavy (non-hydrogen) atoms. The maximum atomic E-state index is 12.2. The predicted molar refractivity (Wildman–Crippen MR) is 97.5 cm³/mol. The highest BCUT2D eigenvalue weighted by molar-refractivity contribution is 6.30. The van der Waals surface area contributed by atoms with Crippen molar-refractivity contribution in [2.45, 2.75) is 56.4 Å². The molecule has 0 radical (unpaired) electrons. The Bertz CT molecular complexity index is 524. The van der Waals surface area contributed by atoms with E-state index in [1.54, 1.807) is 0 Å². The molecule has 1 aliphatic heterocycles. The highest BCUT2D eigenvalue weighted by atomic mass is 35.5. The van der Waals surface area contributed by atoms with Gasteiger partial charge in [-0.25, -0.2) is 0 Å². The molecule has 0 aromatic heterocycles. The molecule has 1 atom stereocenters. The van der Waals surface area contributed by atoms with Gasteiger partial charge >= 0.3 is 0 Å². The topological polar surface area (TPSA) is 41.1 Å². The van der Waals surface area contributed by atoms with Crippen molar-refractivity contribution in [2.75, 3.05) is 13.1 Å². The Labute approximate surface area is 150 Å². The van der Waals surface area contributed by atoms with Gasteiger partial charge in [0.2, 0.25) is 5.91 Å². The fourth-order valence-electron chi connectivity index (χ4n) is 3.93. The van der Waals surface area contributed by atoms with Crippen LogP contribution in [0.15, 0.2) is 24.3 Å². The molecular formula is C18H26Cl2N2O. The van der Waals surface area contributed by atoms with Crippen LogP contribution in [0.1, 0.15) is 50.5 Å². The second kappa shape index (κ2) is 8.36. The minimum atomic E-state index is 0. The average molecular weight is 357 g/mol. The van der Waals surface area contributed by atoms with E-state index >= 15 is 0 Å². The summed E-state index contributed by atoms with van der Waals surface area (Å²) in [5.41, 5.74) is 1.35. The first-order chi connectivity index (χ1) is 10.7. The molecule has 2 aliphatic rings. The Morgan fingerprint density at radius 3 is 2.74 bits per heavy atom. The molecule has 2 fully saturated rings. The Kier molecular flexibility index (Phi) is 6.75. The molecule has 1 aromatic rings. The molecule has 3 rings (SSSR count). The van der Waals surface area contributed by atoms with E-state index in [0.29, 0.717) is 12.5 Å². The largest absolute Gasteiger partial charge is 0.355 e. The molecule has 2 N–H and O–H groups in total. The maximum absolute atomic E-state index is 12.2. The molecule has 1 amide bonds. The van der Waals surface area contributed by atoms with Crippen LogP contribution >= 0.6 is 24.0 Å². The van der Waals surface area contributed by atoms with Crippen molar-refractivity contribution in [3.05, 3.63) is 34.9 Å². The maximum Gasteiger partial charge on any atom is 0.221 e. The zero-order valence-corrected chi connectivity index (χ0v) is 15.0. The monoisotopic (exact) mass is 356 g/mol. The average Bonchev–Trinajstić information content (AvgIpc) is 3.17. The zero-order chi connectivity index (χ0) is 15.4. The molecule has 0 bridgehead atoms. The Hall–Kier alpha value is -0.770. The Morgan fingerprint density at radius 1 is 1.30 bits per heavy atom. The summed E-state index contributed by atoms with van der Waals surface area (Å²) >= 11 is 6.17. The summed E-state index contributed by atoms with van der Waals surface area (Å²) in [4.78, 5) is 12.2. The number of hydrogen-bond acceptors (Lipinski definition) is 2. The van der Waals surface area contributed by atoms with E-state index in [1.165, 1.54) is 24.8 Å². The van der Waals surface area contributed by atoms with Crippen molar-refractivity contribution in [1.29, 1.82) is 0 Å². The number of halogens is 2. The summed E-state index contributed by atoms with van der Waals surface area (Å²) in [6, 6.07) is 8.52. The highest BCUT2D eigenvalue weighted by Crippen LogP contribution is 2.41. The third-order valence-corrected chi connectivity index (χ3v) is 5.45. The van der Waals surface area contributed by atoms with Gasteiger partial charge in [0.15, 0.2) is 0 Å². The smallest absolute Gasteiger partial charge is 0.221 e. The van der Waals surface area contributed by atoms with Gasteiger partial charge in [-0.2, -0.15) is 0 Å². The van der Waals surface area contributed by atoms with Crippen molar-refractivity contribution in [3.8, 4) is 0 Å².